The van der Waals surface area contributed by atoms with Crippen molar-refractivity contribution >= 4 is 26.8 Å². The molecule has 0 fully saturated rings. The molecule has 0 amide bonds. The van der Waals surface area contributed by atoms with E-state index >= 15 is 0 Å². The summed E-state index contributed by atoms with van der Waals surface area (Å²) in [5.74, 6) is 0. The maximum atomic E-state index is 3.61. The molecule has 3 rings (SSSR count). The number of fused-ring (bicyclic) bond motifs is 3. The fourth-order valence-electron chi connectivity index (χ4n) is 2.74. The van der Waals surface area contributed by atoms with Gasteiger partial charge in [-0.2, -0.15) is 0 Å². The van der Waals surface area contributed by atoms with Crippen LogP contribution < -0.4 is 5.32 Å². The van der Waals surface area contributed by atoms with E-state index in [2.05, 4.69) is 44.4 Å². The van der Waals surface area contributed by atoms with Crippen molar-refractivity contribution in [2.45, 2.75) is 25.3 Å². The smallest absolute Gasteiger partial charge is 0.0603 e. The highest BCUT2D eigenvalue weighted by molar-refractivity contribution is 9.10. The molecule has 1 aliphatic rings. The summed E-state index contributed by atoms with van der Waals surface area (Å²) >= 11 is 3.61. The topological polar surface area (TPSA) is 27.8 Å². The number of nitrogens with one attached hydrogen (secondary N) is 2. The van der Waals surface area contributed by atoms with Gasteiger partial charge in [0.25, 0.3) is 0 Å². The molecule has 0 bridgehead atoms. The average molecular weight is 279 g/mol. The summed E-state index contributed by atoms with van der Waals surface area (Å²) in [6.07, 6.45) is 3.70. The zero-order chi connectivity index (χ0) is 11.1. The first kappa shape index (κ1) is 10.4. The molecular weight excluding hydrogens is 264 g/mol. The van der Waals surface area contributed by atoms with E-state index in [1.807, 2.05) is 7.05 Å². The van der Waals surface area contributed by atoms with Crippen LogP contribution in [0.3, 0.4) is 0 Å². The average Bonchev–Trinajstić information content (AvgIpc) is 2.69. The summed E-state index contributed by atoms with van der Waals surface area (Å²) in [7, 11) is 2.04. The largest absolute Gasteiger partial charge is 0.356 e. The Morgan fingerprint density at radius 3 is 3.12 bits per heavy atom. The standard InChI is InChI=1S/C13H15BrN2/c1-15-11-7-3-5-9-8-4-2-6-10(14)12(8)16-13(9)11/h2,4,6,11,15-16H,3,5,7H2,1H3. The van der Waals surface area contributed by atoms with Gasteiger partial charge < -0.3 is 10.3 Å². The zero-order valence-corrected chi connectivity index (χ0v) is 10.9. The molecule has 1 unspecified atom stereocenters. The van der Waals surface area contributed by atoms with Crippen LogP contribution >= 0.6 is 15.9 Å². The Bertz CT molecular complexity index is 530. The van der Waals surface area contributed by atoms with Crippen molar-refractivity contribution in [2.24, 2.45) is 0 Å². The van der Waals surface area contributed by atoms with Crippen LogP contribution in [0.25, 0.3) is 10.9 Å². The fraction of sp³-hybridized carbons (Fsp3) is 0.385. The van der Waals surface area contributed by atoms with Crippen molar-refractivity contribution in [1.82, 2.24) is 10.3 Å². The third-order valence-corrected chi connectivity index (χ3v) is 4.20. The first-order valence-electron chi connectivity index (χ1n) is 5.77. The minimum atomic E-state index is 0.489. The Labute approximate surface area is 104 Å². The predicted molar refractivity (Wildman–Crippen MR) is 70.7 cm³/mol. The van der Waals surface area contributed by atoms with E-state index < -0.39 is 0 Å². The highest BCUT2D eigenvalue weighted by atomic mass is 79.9. The zero-order valence-electron chi connectivity index (χ0n) is 9.31. The first-order valence-corrected chi connectivity index (χ1v) is 6.57. The minimum Gasteiger partial charge on any atom is -0.356 e. The molecule has 0 saturated heterocycles. The quantitative estimate of drug-likeness (QED) is 0.821. The van der Waals surface area contributed by atoms with E-state index in [0.717, 1.165) is 4.47 Å². The number of aromatic nitrogens is 1. The number of halogens is 1. The summed E-state index contributed by atoms with van der Waals surface area (Å²) in [5.41, 5.74) is 4.13. The summed E-state index contributed by atoms with van der Waals surface area (Å²) in [6, 6.07) is 6.92. The normalized spacial score (nSPS) is 20.0. The molecule has 1 heterocycles. The molecule has 84 valence electrons. The second-order valence-corrected chi connectivity index (χ2v) is 5.27. The molecule has 1 atom stereocenters. The van der Waals surface area contributed by atoms with E-state index in [4.69, 9.17) is 0 Å². The molecule has 1 aromatic carbocycles. The van der Waals surface area contributed by atoms with Gasteiger partial charge in [-0.25, -0.2) is 0 Å². The number of aromatic amines is 1. The number of benzene rings is 1. The molecule has 0 radical (unpaired) electrons. The van der Waals surface area contributed by atoms with Gasteiger partial charge in [-0.05, 0) is 53.9 Å². The van der Waals surface area contributed by atoms with Gasteiger partial charge in [0.05, 0.1) is 5.52 Å². The molecule has 0 spiro atoms. The van der Waals surface area contributed by atoms with Crippen LogP contribution in [0, 0.1) is 0 Å². The Hall–Kier alpha value is -0.800. The lowest BCUT2D eigenvalue weighted by Gasteiger charge is -2.21. The van der Waals surface area contributed by atoms with Gasteiger partial charge in [-0.1, -0.05) is 12.1 Å². The van der Waals surface area contributed by atoms with Crippen molar-refractivity contribution in [2.75, 3.05) is 7.05 Å². The van der Waals surface area contributed by atoms with Crippen LogP contribution in [-0.2, 0) is 6.42 Å². The Kier molecular flexibility index (Phi) is 2.52. The maximum Gasteiger partial charge on any atom is 0.0603 e. The van der Waals surface area contributed by atoms with E-state index in [9.17, 15) is 0 Å². The van der Waals surface area contributed by atoms with Crippen molar-refractivity contribution < 1.29 is 0 Å². The van der Waals surface area contributed by atoms with Crippen LogP contribution in [0.1, 0.15) is 30.1 Å². The number of aryl methyl sites for hydroxylation is 1. The SMILES string of the molecule is CNC1CCCc2c1[nH]c1c(Br)cccc21. The molecule has 2 aromatic rings. The number of hydrogen-bond acceptors (Lipinski definition) is 1. The lowest BCUT2D eigenvalue weighted by Crippen LogP contribution is -2.21. The third-order valence-electron chi connectivity index (χ3n) is 3.54. The first-order chi connectivity index (χ1) is 7.81. The summed E-state index contributed by atoms with van der Waals surface area (Å²) in [6.45, 7) is 0. The number of para-hydroxylation sites is 1. The van der Waals surface area contributed by atoms with Gasteiger partial charge in [0.1, 0.15) is 0 Å². The van der Waals surface area contributed by atoms with Gasteiger partial charge in [-0.15, -0.1) is 0 Å². The summed E-state index contributed by atoms with van der Waals surface area (Å²) in [4.78, 5) is 3.58. The fourth-order valence-corrected chi connectivity index (χ4v) is 3.21. The Morgan fingerprint density at radius 2 is 2.31 bits per heavy atom. The van der Waals surface area contributed by atoms with Gasteiger partial charge in [0, 0.05) is 21.6 Å². The molecule has 16 heavy (non-hydrogen) atoms. The summed E-state index contributed by atoms with van der Waals surface area (Å²) < 4.78 is 1.16. The van der Waals surface area contributed by atoms with Crippen molar-refractivity contribution in [3.05, 3.63) is 33.9 Å². The van der Waals surface area contributed by atoms with Gasteiger partial charge >= 0.3 is 0 Å². The van der Waals surface area contributed by atoms with Crippen LogP contribution in [0.4, 0.5) is 0 Å². The molecule has 1 aliphatic carbocycles. The van der Waals surface area contributed by atoms with E-state index in [-0.39, 0.29) is 0 Å². The maximum absolute atomic E-state index is 3.61. The van der Waals surface area contributed by atoms with E-state index in [1.54, 1.807) is 0 Å². The van der Waals surface area contributed by atoms with Crippen molar-refractivity contribution in [3.63, 3.8) is 0 Å². The highest BCUT2D eigenvalue weighted by Crippen LogP contribution is 2.36. The molecule has 0 aliphatic heterocycles. The Balaban J connectivity index is 2.28. The lowest BCUT2D eigenvalue weighted by molar-refractivity contribution is 0.489. The van der Waals surface area contributed by atoms with Crippen LogP contribution in [-0.4, -0.2) is 12.0 Å². The van der Waals surface area contributed by atoms with E-state index in [1.165, 1.54) is 41.4 Å². The second kappa shape index (κ2) is 3.90. The molecule has 1 aromatic heterocycles. The van der Waals surface area contributed by atoms with Crippen molar-refractivity contribution in [3.8, 4) is 0 Å². The highest BCUT2D eigenvalue weighted by Gasteiger charge is 2.23. The third kappa shape index (κ3) is 1.42. The van der Waals surface area contributed by atoms with Gasteiger partial charge in [0.15, 0.2) is 0 Å². The molecule has 0 saturated carbocycles. The van der Waals surface area contributed by atoms with Crippen LogP contribution in [0.5, 0.6) is 0 Å². The molecule has 2 N–H and O–H groups in total. The van der Waals surface area contributed by atoms with Crippen LogP contribution in [0.15, 0.2) is 22.7 Å². The number of H-pyrrole nitrogens is 1. The predicted octanol–water partition coefficient (Wildman–Crippen LogP) is 3.53. The molecular formula is C13H15BrN2. The van der Waals surface area contributed by atoms with Gasteiger partial charge in [0.2, 0.25) is 0 Å². The van der Waals surface area contributed by atoms with Gasteiger partial charge in [-0.3, -0.25) is 0 Å². The monoisotopic (exact) mass is 278 g/mol. The second-order valence-electron chi connectivity index (χ2n) is 4.41. The molecule has 3 heteroatoms. The van der Waals surface area contributed by atoms with Crippen molar-refractivity contribution in [1.29, 1.82) is 0 Å². The minimum absolute atomic E-state index is 0.489. The Morgan fingerprint density at radius 1 is 1.44 bits per heavy atom. The number of rotatable bonds is 1. The van der Waals surface area contributed by atoms with E-state index in [0.29, 0.717) is 6.04 Å². The summed E-state index contributed by atoms with van der Waals surface area (Å²) in [5, 5.41) is 4.77. The lowest BCUT2D eigenvalue weighted by atomic mass is 9.92. The molecule has 2 nitrogen and oxygen atoms in total. The number of hydrogen-bond donors (Lipinski definition) is 2. The van der Waals surface area contributed by atoms with Crippen LogP contribution in [0.2, 0.25) is 0 Å².